The molecule has 0 fully saturated rings. The summed E-state index contributed by atoms with van der Waals surface area (Å²) in [6.45, 7) is 3.69. The minimum absolute atomic E-state index is 0.209. The van der Waals surface area contributed by atoms with Crippen LogP contribution in [0.2, 0.25) is 0 Å². The van der Waals surface area contributed by atoms with E-state index in [0.29, 0.717) is 28.4 Å². The van der Waals surface area contributed by atoms with Gasteiger partial charge in [0.05, 0.1) is 24.9 Å². The fraction of sp³-hybridized carbons (Fsp3) is 0.278. The molecule has 0 saturated heterocycles. The predicted molar refractivity (Wildman–Crippen MR) is 99.5 cm³/mol. The molecule has 2 N–H and O–H groups in total. The summed E-state index contributed by atoms with van der Waals surface area (Å²) < 4.78 is 15.8. The van der Waals surface area contributed by atoms with Crippen LogP contribution in [0.4, 0.5) is 5.82 Å². The van der Waals surface area contributed by atoms with Gasteiger partial charge in [0, 0.05) is 4.90 Å². The van der Waals surface area contributed by atoms with E-state index in [9.17, 15) is 4.79 Å². The second-order valence-corrected chi connectivity index (χ2v) is 6.47. The average molecular weight is 373 g/mol. The molecule has 8 heteroatoms. The number of aromatic nitrogens is 2. The highest BCUT2D eigenvalue weighted by Gasteiger charge is 2.23. The highest BCUT2D eigenvalue weighted by atomic mass is 32.2. The number of benzene rings is 1. The van der Waals surface area contributed by atoms with Crippen LogP contribution in [0.5, 0.6) is 5.75 Å². The number of esters is 1. The van der Waals surface area contributed by atoms with Crippen LogP contribution in [-0.2, 0) is 10.5 Å². The van der Waals surface area contributed by atoms with Gasteiger partial charge in [-0.25, -0.2) is 9.78 Å². The lowest BCUT2D eigenvalue weighted by Gasteiger charge is -2.05. The maximum absolute atomic E-state index is 12.1. The van der Waals surface area contributed by atoms with E-state index in [1.165, 1.54) is 0 Å². The first kappa shape index (κ1) is 18.1. The molecule has 0 aliphatic heterocycles. The van der Waals surface area contributed by atoms with Gasteiger partial charge in [-0.05, 0) is 38.1 Å². The van der Waals surface area contributed by atoms with Crippen molar-refractivity contribution >= 4 is 34.6 Å². The second-order valence-electron chi connectivity index (χ2n) is 5.42. The summed E-state index contributed by atoms with van der Waals surface area (Å²) >= 11 is 1.57. The number of rotatable bonds is 6. The Hall–Kier alpha value is -2.74. The Labute approximate surface area is 154 Å². The fourth-order valence-electron chi connectivity index (χ4n) is 2.52. The Bertz CT molecular complexity index is 938. The number of nitrogen functional groups attached to an aromatic ring is 1. The molecule has 136 valence electrons. The van der Waals surface area contributed by atoms with Crippen LogP contribution in [0.15, 0.2) is 33.6 Å². The number of hydrogen-bond acceptors (Lipinski definition) is 8. The van der Waals surface area contributed by atoms with E-state index in [-0.39, 0.29) is 18.0 Å². The van der Waals surface area contributed by atoms with Gasteiger partial charge in [0.25, 0.3) is 0 Å². The zero-order valence-corrected chi connectivity index (χ0v) is 15.6. The number of carbonyl (C=O) groups excluding carboxylic acids is 1. The van der Waals surface area contributed by atoms with E-state index >= 15 is 0 Å². The minimum atomic E-state index is -0.487. The van der Waals surface area contributed by atoms with Crippen molar-refractivity contribution in [1.82, 2.24) is 9.97 Å². The third-order valence-corrected chi connectivity index (χ3v) is 4.72. The molecule has 0 bridgehead atoms. The Morgan fingerprint density at radius 1 is 1.27 bits per heavy atom. The Kier molecular flexibility index (Phi) is 5.32. The molecule has 3 aromatic rings. The molecule has 3 rings (SSSR count). The summed E-state index contributed by atoms with van der Waals surface area (Å²) in [5.41, 5.74) is 6.65. The summed E-state index contributed by atoms with van der Waals surface area (Å²) in [7, 11) is 1.63. The van der Waals surface area contributed by atoms with E-state index in [0.717, 1.165) is 10.6 Å². The van der Waals surface area contributed by atoms with Gasteiger partial charge in [0.2, 0.25) is 5.71 Å². The molecule has 0 radical (unpaired) electrons. The van der Waals surface area contributed by atoms with Gasteiger partial charge >= 0.3 is 5.97 Å². The van der Waals surface area contributed by atoms with Crippen molar-refractivity contribution in [3.05, 3.63) is 41.4 Å². The van der Waals surface area contributed by atoms with Crippen LogP contribution in [0.25, 0.3) is 11.1 Å². The minimum Gasteiger partial charge on any atom is -0.497 e. The van der Waals surface area contributed by atoms with Gasteiger partial charge in [0.1, 0.15) is 28.7 Å². The maximum Gasteiger partial charge on any atom is 0.342 e. The number of methoxy groups -OCH3 is 1. The fourth-order valence-corrected chi connectivity index (χ4v) is 3.27. The van der Waals surface area contributed by atoms with E-state index < -0.39 is 5.97 Å². The van der Waals surface area contributed by atoms with Crippen LogP contribution < -0.4 is 10.5 Å². The maximum atomic E-state index is 12.1. The third-order valence-electron chi connectivity index (χ3n) is 3.71. The summed E-state index contributed by atoms with van der Waals surface area (Å²) in [6.07, 6.45) is 0. The standard InChI is InChI=1S/C18H19N3O4S/c1-4-24-18(22)14-10(2)25-17-15(14)16(19)20-13(21-17)9-26-12-7-5-11(23-3)6-8-12/h5-8H,4,9H2,1-3H3,(H2,19,20,21). The zero-order valence-electron chi connectivity index (χ0n) is 14.7. The zero-order chi connectivity index (χ0) is 18.7. The third kappa shape index (κ3) is 3.60. The number of carbonyl (C=O) groups is 1. The number of nitrogens with zero attached hydrogens (tertiary/aromatic N) is 2. The molecule has 0 spiro atoms. The quantitative estimate of drug-likeness (QED) is 0.517. The van der Waals surface area contributed by atoms with Gasteiger partial charge in [-0.3, -0.25) is 0 Å². The number of nitrogens with two attached hydrogens (primary N) is 1. The molecule has 2 aromatic heterocycles. The molecule has 2 heterocycles. The van der Waals surface area contributed by atoms with Crippen LogP contribution in [-0.4, -0.2) is 29.7 Å². The van der Waals surface area contributed by atoms with Crippen LogP contribution in [0.1, 0.15) is 28.9 Å². The molecule has 1 aromatic carbocycles. The first-order valence-corrected chi connectivity index (χ1v) is 9.01. The first-order chi connectivity index (χ1) is 12.5. The van der Waals surface area contributed by atoms with Crippen molar-refractivity contribution in [1.29, 1.82) is 0 Å². The molecule has 0 amide bonds. The Morgan fingerprint density at radius 2 is 2.00 bits per heavy atom. The van der Waals surface area contributed by atoms with Crippen molar-refractivity contribution in [3.63, 3.8) is 0 Å². The number of aryl methyl sites for hydroxylation is 1. The highest BCUT2D eigenvalue weighted by Crippen LogP contribution is 2.30. The van der Waals surface area contributed by atoms with Gasteiger partial charge in [-0.15, -0.1) is 11.8 Å². The Morgan fingerprint density at radius 3 is 2.65 bits per heavy atom. The summed E-state index contributed by atoms with van der Waals surface area (Å²) in [6, 6.07) is 7.70. The van der Waals surface area contributed by atoms with E-state index in [1.54, 1.807) is 32.7 Å². The largest absolute Gasteiger partial charge is 0.497 e. The number of fused-ring (bicyclic) bond motifs is 1. The Balaban J connectivity index is 1.85. The van der Waals surface area contributed by atoms with Crippen LogP contribution in [0.3, 0.4) is 0 Å². The lowest BCUT2D eigenvalue weighted by atomic mass is 10.2. The molecule has 0 saturated carbocycles. The van der Waals surface area contributed by atoms with Crippen LogP contribution >= 0.6 is 11.8 Å². The molecule has 0 atom stereocenters. The first-order valence-electron chi connectivity index (χ1n) is 8.03. The number of ether oxygens (including phenoxy) is 2. The van der Waals surface area contributed by atoms with Crippen molar-refractivity contribution in [3.8, 4) is 5.75 Å². The van der Waals surface area contributed by atoms with Crippen LogP contribution in [0, 0.1) is 6.92 Å². The number of hydrogen-bond donors (Lipinski definition) is 1. The van der Waals surface area contributed by atoms with Crippen molar-refractivity contribution in [2.24, 2.45) is 0 Å². The van der Waals surface area contributed by atoms with Crippen molar-refractivity contribution in [2.45, 2.75) is 24.5 Å². The van der Waals surface area contributed by atoms with Gasteiger partial charge in [0.15, 0.2) is 0 Å². The van der Waals surface area contributed by atoms with Gasteiger partial charge < -0.3 is 19.6 Å². The summed E-state index contributed by atoms with van der Waals surface area (Å²) in [4.78, 5) is 21.9. The predicted octanol–water partition coefficient (Wildman–Crippen LogP) is 3.59. The monoisotopic (exact) mass is 373 g/mol. The van der Waals surface area contributed by atoms with E-state index in [1.807, 2.05) is 24.3 Å². The second kappa shape index (κ2) is 7.65. The van der Waals surface area contributed by atoms with Gasteiger partial charge in [-0.1, -0.05) is 0 Å². The molecule has 7 nitrogen and oxygen atoms in total. The lowest BCUT2D eigenvalue weighted by molar-refractivity contribution is 0.0526. The van der Waals surface area contributed by atoms with E-state index in [2.05, 4.69) is 9.97 Å². The van der Waals surface area contributed by atoms with Crippen molar-refractivity contribution < 1.29 is 18.7 Å². The van der Waals surface area contributed by atoms with E-state index in [4.69, 9.17) is 19.6 Å². The molecular formula is C18H19N3O4S. The van der Waals surface area contributed by atoms with Crippen molar-refractivity contribution in [2.75, 3.05) is 19.5 Å². The van der Waals surface area contributed by atoms with Gasteiger partial charge in [-0.2, -0.15) is 4.98 Å². The topological polar surface area (TPSA) is 100 Å². The summed E-state index contributed by atoms with van der Waals surface area (Å²) in [5.74, 6) is 1.98. The SMILES string of the molecule is CCOC(=O)c1c(C)oc2nc(CSc3ccc(OC)cc3)nc(N)c12. The lowest BCUT2D eigenvalue weighted by Crippen LogP contribution is -2.07. The number of thioether (sulfide) groups is 1. The molecular weight excluding hydrogens is 354 g/mol. The molecule has 0 aliphatic rings. The smallest absolute Gasteiger partial charge is 0.342 e. The summed E-state index contributed by atoms with van der Waals surface area (Å²) in [5, 5.41) is 0.402. The highest BCUT2D eigenvalue weighted by molar-refractivity contribution is 7.98. The number of anilines is 1. The molecule has 0 aliphatic carbocycles. The molecule has 26 heavy (non-hydrogen) atoms. The normalized spacial score (nSPS) is 10.9. The average Bonchev–Trinajstić information content (AvgIpc) is 2.97. The number of furan rings is 1. The molecule has 0 unspecified atom stereocenters.